The van der Waals surface area contributed by atoms with Gasteiger partial charge in [0.2, 0.25) is 0 Å². The summed E-state index contributed by atoms with van der Waals surface area (Å²) in [4.78, 5) is 0. The molecule has 0 spiro atoms. The van der Waals surface area contributed by atoms with Crippen molar-refractivity contribution in [2.24, 2.45) is 5.92 Å². The van der Waals surface area contributed by atoms with E-state index in [1.807, 2.05) is 0 Å². The molecule has 1 atom stereocenters. The van der Waals surface area contributed by atoms with Crippen LogP contribution in [0, 0.1) is 19.8 Å². The molecule has 2 radical (unpaired) electrons. The third-order valence-corrected chi connectivity index (χ3v) is 6.55. The molecule has 0 rings (SSSR count). The van der Waals surface area contributed by atoms with Gasteiger partial charge >= 0.3 is 0 Å². The van der Waals surface area contributed by atoms with E-state index in [4.69, 9.17) is 0 Å². The highest BCUT2D eigenvalue weighted by atomic mass is 14.1. The van der Waals surface area contributed by atoms with E-state index in [0.717, 1.165) is 18.8 Å². The van der Waals surface area contributed by atoms with Crippen molar-refractivity contribution in [3.8, 4) is 0 Å². The standard InChI is InChI=1S/C30H58/c1-4-6-8-9-10-11-12-13-14-15-16-17-18-19-20-21-22-23-24-25-26-27-29-30(3)28-7-5-2/h22-23,30H,1-2,4-21,24-29H2,3H3. The predicted molar refractivity (Wildman–Crippen MR) is 140 cm³/mol. The van der Waals surface area contributed by atoms with Gasteiger partial charge in [0.05, 0.1) is 0 Å². The molecule has 0 aliphatic carbocycles. The lowest BCUT2D eigenvalue weighted by Gasteiger charge is -2.09. The Kier molecular flexibility index (Phi) is 26.5. The van der Waals surface area contributed by atoms with Crippen molar-refractivity contribution in [2.75, 3.05) is 0 Å². The zero-order chi connectivity index (χ0) is 22.0. The zero-order valence-corrected chi connectivity index (χ0v) is 21.1. The summed E-state index contributed by atoms with van der Waals surface area (Å²) in [5.74, 6) is 0.908. The van der Waals surface area contributed by atoms with Crippen molar-refractivity contribution >= 4 is 0 Å². The number of hydrogen-bond donors (Lipinski definition) is 0. The van der Waals surface area contributed by atoms with Crippen LogP contribution in [-0.4, -0.2) is 0 Å². The second-order valence-electron chi connectivity index (χ2n) is 9.80. The van der Waals surface area contributed by atoms with Crippen LogP contribution in [0.4, 0.5) is 0 Å². The Bertz CT molecular complexity index is 316. The van der Waals surface area contributed by atoms with E-state index >= 15 is 0 Å². The summed E-state index contributed by atoms with van der Waals surface area (Å²) in [6.07, 6.45) is 38.2. The molecular formula is C30H58. The smallest absolute Gasteiger partial charge is 0.0351 e. The van der Waals surface area contributed by atoms with Gasteiger partial charge in [-0.3, -0.25) is 0 Å². The molecule has 0 fully saturated rings. The fraction of sp³-hybridized carbons (Fsp3) is 0.867. The summed E-state index contributed by atoms with van der Waals surface area (Å²) in [6.45, 7) is 10.3. The Balaban J connectivity index is 3.12. The van der Waals surface area contributed by atoms with Crippen LogP contribution in [0.1, 0.15) is 161 Å². The number of hydrogen-bond acceptors (Lipinski definition) is 0. The lowest BCUT2D eigenvalue weighted by molar-refractivity contribution is 0.450. The summed E-state index contributed by atoms with van der Waals surface area (Å²) in [5.41, 5.74) is 0. The topological polar surface area (TPSA) is 0 Å². The number of allylic oxidation sites excluding steroid dienone is 2. The van der Waals surface area contributed by atoms with Gasteiger partial charge in [-0.2, -0.15) is 0 Å². The molecule has 0 bridgehead atoms. The first kappa shape index (κ1) is 29.7. The Hall–Kier alpha value is -0.260. The quantitative estimate of drug-likeness (QED) is 0.102. The summed E-state index contributed by atoms with van der Waals surface area (Å²) >= 11 is 0. The predicted octanol–water partition coefficient (Wildman–Crippen LogP) is 11.2. The summed E-state index contributed by atoms with van der Waals surface area (Å²) in [6, 6.07) is 0. The second-order valence-corrected chi connectivity index (χ2v) is 9.80. The molecule has 0 amide bonds. The maximum atomic E-state index is 3.94. The van der Waals surface area contributed by atoms with Crippen molar-refractivity contribution in [2.45, 2.75) is 161 Å². The fourth-order valence-corrected chi connectivity index (χ4v) is 4.36. The highest BCUT2D eigenvalue weighted by molar-refractivity contribution is 4.81. The van der Waals surface area contributed by atoms with Crippen molar-refractivity contribution in [1.29, 1.82) is 0 Å². The van der Waals surface area contributed by atoms with Gasteiger partial charge in [0.15, 0.2) is 0 Å². The maximum absolute atomic E-state index is 3.94. The van der Waals surface area contributed by atoms with Crippen LogP contribution in [0.2, 0.25) is 0 Å². The molecule has 0 aliphatic rings. The van der Waals surface area contributed by atoms with Crippen LogP contribution >= 0.6 is 0 Å². The average Bonchev–Trinajstić information content (AvgIpc) is 2.75. The molecule has 30 heavy (non-hydrogen) atoms. The molecule has 0 aromatic heterocycles. The summed E-state index contributed by atoms with van der Waals surface area (Å²) < 4.78 is 0. The molecule has 0 saturated carbocycles. The first-order valence-electron chi connectivity index (χ1n) is 14.0. The van der Waals surface area contributed by atoms with Crippen molar-refractivity contribution < 1.29 is 0 Å². The molecule has 0 aromatic rings. The largest absolute Gasteiger partial charge is 0.0885 e. The molecule has 0 aliphatic heterocycles. The third-order valence-electron chi connectivity index (χ3n) is 6.55. The Morgan fingerprint density at radius 1 is 0.433 bits per heavy atom. The van der Waals surface area contributed by atoms with E-state index in [1.54, 1.807) is 0 Å². The van der Waals surface area contributed by atoms with E-state index in [0.29, 0.717) is 0 Å². The minimum absolute atomic E-state index is 0.908. The van der Waals surface area contributed by atoms with Crippen LogP contribution in [-0.2, 0) is 0 Å². The molecule has 0 nitrogen and oxygen atoms in total. The molecule has 0 heteroatoms. The van der Waals surface area contributed by atoms with Crippen LogP contribution < -0.4 is 0 Å². The molecule has 1 unspecified atom stereocenters. The fourth-order valence-electron chi connectivity index (χ4n) is 4.36. The van der Waals surface area contributed by atoms with E-state index in [9.17, 15) is 0 Å². The Morgan fingerprint density at radius 3 is 1.20 bits per heavy atom. The highest BCUT2D eigenvalue weighted by Crippen LogP contribution is 2.17. The number of unbranched alkanes of at least 4 members (excludes halogenated alkanes) is 19. The minimum atomic E-state index is 0.908. The first-order chi connectivity index (χ1) is 14.8. The van der Waals surface area contributed by atoms with Crippen LogP contribution in [0.15, 0.2) is 12.2 Å². The van der Waals surface area contributed by atoms with Gasteiger partial charge in [-0.15, -0.1) is 0 Å². The first-order valence-corrected chi connectivity index (χ1v) is 14.0. The molecule has 178 valence electrons. The third kappa shape index (κ3) is 25.8. The molecular weight excluding hydrogens is 360 g/mol. The second kappa shape index (κ2) is 26.8. The van der Waals surface area contributed by atoms with E-state index in [-0.39, 0.29) is 0 Å². The normalized spacial score (nSPS) is 12.8. The van der Waals surface area contributed by atoms with Crippen LogP contribution in [0.25, 0.3) is 0 Å². The Morgan fingerprint density at radius 2 is 0.767 bits per heavy atom. The summed E-state index contributed by atoms with van der Waals surface area (Å²) in [5, 5.41) is 0. The summed E-state index contributed by atoms with van der Waals surface area (Å²) in [7, 11) is 0. The van der Waals surface area contributed by atoms with Gasteiger partial charge in [0.1, 0.15) is 0 Å². The van der Waals surface area contributed by atoms with Gasteiger partial charge < -0.3 is 0 Å². The SMILES string of the molecule is [CH2]CCCCCCCCCCCCCCCCC=CCCCCCC(C)CCC[CH2]. The molecule has 0 aromatic carbocycles. The molecule has 0 N–H and O–H groups in total. The van der Waals surface area contributed by atoms with E-state index in [2.05, 4.69) is 32.9 Å². The van der Waals surface area contributed by atoms with Gasteiger partial charge in [-0.05, 0) is 31.6 Å². The average molecular weight is 419 g/mol. The monoisotopic (exact) mass is 418 g/mol. The van der Waals surface area contributed by atoms with E-state index < -0.39 is 0 Å². The van der Waals surface area contributed by atoms with Crippen molar-refractivity contribution in [1.82, 2.24) is 0 Å². The van der Waals surface area contributed by atoms with E-state index in [1.165, 1.54) is 141 Å². The lowest BCUT2D eigenvalue weighted by Crippen LogP contribution is -1.94. The number of rotatable bonds is 25. The Labute approximate surface area is 193 Å². The molecule has 0 saturated heterocycles. The van der Waals surface area contributed by atoms with Gasteiger partial charge in [-0.1, -0.05) is 161 Å². The van der Waals surface area contributed by atoms with Gasteiger partial charge in [0.25, 0.3) is 0 Å². The van der Waals surface area contributed by atoms with Crippen molar-refractivity contribution in [3.05, 3.63) is 26.0 Å². The van der Waals surface area contributed by atoms with Gasteiger partial charge in [-0.25, -0.2) is 0 Å². The molecule has 0 heterocycles. The van der Waals surface area contributed by atoms with Gasteiger partial charge in [0, 0.05) is 0 Å². The maximum Gasteiger partial charge on any atom is -0.0351 e. The van der Waals surface area contributed by atoms with Crippen molar-refractivity contribution in [3.63, 3.8) is 0 Å². The lowest BCUT2D eigenvalue weighted by atomic mass is 9.97. The van der Waals surface area contributed by atoms with Crippen LogP contribution in [0.5, 0.6) is 0 Å². The highest BCUT2D eigenvalue weighted by Gasteiger charge is 2.00. The zero-order valence-electron chi connectivity index (χ0n) is 21.1. The minimum Gasteiger partial charge on any atom is -0.0885 e. The van der Waals surface area contributed by atoms with Crippen LogP contribution in [0.3, 0.4) is 0 Å².